The second-order valence-corrected chi connectivity index (χ2v) is 5.13. The predicted molar refractivity (Wildman–Crippen MR) is 70.6 cm³/mol. The molecule has 0 radical (unpaired) electrons. The average Bonchev–Trinajstić information content (AvgIpc) is 2.73. The zero-order valence-corrected chi connectivity index (χ0v) is 10.9. The van der Waals surface area contributed by atoms with Crippen LogP contribution in [0.2, 0.25) is 0 Å². The predicted octanol–water partition coefficient (Wildman–Crippen LogP) is 1.22. The van der Waals surface area contributed by atoms with Gasteiger partial charge in [-0.05, 0) is 37.9 Å². The maximum atomic E-state index is 11.4. The first-order valence-electron chi connectivity index (χ1n) is 6.31. The lowest BCUT2D eigenvalue weighted by atomic mass is 9.98. The van der Waals surface area contributed by atoms with Crippen molar-refractivity contribution >= 4 is 11.9 Å². The number of amides is 1. The van der Waals surface area contributed by atoms with Crippen LogP contribution in [0.5, 0.6) is 0 Å². The van der Waals surface area contributed by atoms with Gasteiger partial charge in [0.1, 0.15) is 5.54 Å². The van der Waals surface area contributed by atoms with Crippen molar-refractivity contribution < 1.29 is 14.7 Å². The Hall–Kier alpha value is -1.88. The van der Waals surface area contributed by atoms with Gasteiger partial charge in [0.25, 0.3) is 0 Å². The van der Waals surface area contributed by atoms with Crippen LogP contribution in [0.4, 0.5) is 0 Å². The minimum absolute atomic E-state index is 0.432. The second kappa shape index (κ2) is 5.01. The van der Waals surface area contributed by atoms with Crippen molar-refractivity contribution in [3.05, 3.63) is 35.4 Å². The van der Waals surface area contributed by atoms with Crippen molar-refractivity contribution in [2.24, 2.45) is 5.73 Å². The van der Waals surface area contributed by atoms with Gasteiger partial charge in [-0.2, -0.15) is 0 Å². The van der Waals surface area contributed by atoms with E-state index >= 15 is 0 Å². The van der Waals surface area contributed by atoms with Gasteiger partial charge in [-0.25, -0.2) is 0 Å². The summed E-state index contributed by atoms with van der Waals surface area (Å²) in [5.74, 6) is -1.30. The number of carboxylic acids is 1. The quantitative estimate of drug-likeness (QED) is 0.854. The summed E-state index contributed by atoms with van der Waals surface area (Å²) in [5.41, 5.74) is 5.73. The molecule has 1 aliphatic heterocycles. The number of nitrogens with zero attached hydrogens (tertiary/aromatic N) is 1. The van der Waals surface area contributed by atoms with E-state index in [0.29, 0.717) is 18.5 Å². The standard InChI is InChI=1S/C14H18N2O3/c1-14(13(18)19)7-4-8-16(14)9-10-5-2-3-6-11(10)12(15)17/h2-3,5-6H,4,7-9H2,1H3,(H2,15,17)(H,18,19). The number of hydrogen-bond acceptors (Lipinski definition) is 3. The van der Waals surface area contributed by atoms with Crippen LogP contribution in [0.3, 0.4) is 0 Å². The molecule has 1 fully saturated rings. The Morgan fingerprint density at radius 2 is 2.11 bits per heavy atom. The van der Waals surface area contributed by atoms with Crippen molar-refractivity contribution in [3.8, 4) is 0 Å². The number of likely N-dealkylation sites (tertiary alicyclic amines) is 1. The fourth-order valence-electron chi connectivity index (χ4n) is 2.62. The Kier molecular flexibility index (Phi) is 3.57. The first kappa shape index (κ1) is 13.5. The monoisotopic (exact) mass is 262 g/mol. The summed E-state index contributed by atoms with van der Waals surface area (Å²) < 4.78 is 0. The topological polar surface area (TPSA) is 83.6 Å². The number of nitrogens with two attached hydrogens (primary N) is 1. The van der Waals surface area contributed by atoms with Gasteiger partial charge in [0.2, 0.25) is 5.91 Å². The number of aliphatic carboxylic acids is 1. The van der Waals surface area contributed by atoms with E-state index in [4.69, 9.17) is 5.73 Å². The van der Waals surface area contributed by atoms with E-state index in [1.54, 1.807) is 19.1 Å². The maximum Gasteiger partial charge on any atom is 0.323 e. The summed E-state index contributed by atoms with van der Waals surface area (Å²) >= 11 is 0. The first-order chi connectivity index (χ1) is 8.95. The van der Waals surface area contributed by atoms with Crippen molar-refractivity contribution in [3.63, 3.8) is 0 Å². The summed E-state index contributed by atoms with van der Waals surface area (Å²) in [6.07, 6.45) is 1.47. The molecule has 1 aromatic rings. The van der Waals surface area contributed by atoms with Gasteiger partial charge in [0.15, 0.2) is 0 Å². The molecule has 1 saturated heterocycles. The van der Waals surface area contributed by atoms with E-state index in [-0.39, 0.29) is 0 Å². The molecule has 0 aliphatic carbocycles. The van der Waals surface area contributed by atoms with E-state index in [2.05, 4.69) is 0 Å². The molecule has 1 heterocycles. The third-order valence-electron chi connectivity index (χ3n) is 3.89. The molecule has 2 rings (SSSR count). The molecule has 1 unspecified atom stereocenters. The molecule has 5 heteroatoms. The lowest BCUT2D eigenvalue weighted by Gasteiger charge is -2.31. The maximum absolute atomic E-state index is 11.4. The van der Waals surface area contributed by atoms with Gasteiger partial charge in [-0.1, -0.05) is 18.2 Å². The van der Waals surface area contributed by atoms with Gasteiger partial charge >= 0.3 is 5.97 Å². The smallest absolute Gasteiger partial charge is 0.323 e. The molecule has 19 heavy (non-hydrogen) atoms. The van der Waals surface area contributed by atoms with E-state index in [0.717, 1.165) is 18.5 Å². The van der Waals surface area contributed by atoms with Crippen LogP contribution in [-0.2, 0) is 11.3 Å². The molecule has 5 nitrogen and oxygen atoms in total. The Morgan fingerprint density at radius 3 is 2.74 bits per heavy atom. The molecule has 0 aromatic heterocycles. The Balaban J connectivity index is 2.27. The van der Waals surface area contributed by atoms with Gasteiger partial charge in [-0.3, -0.25) is 14.5 Å². The van der Waals surface area contributed by atoms with Crippen LogP contribution in [0.25, 0.3) is 0 Å². The highest BCUT2D eigenvalue weighted by Crippen LogP contribution is 2.31. The highest BCUT2D eigenvalue weighted by molar-refractivity contribution is 5.94. The molecular formula is C14H18N2O3. The molecule has 0 saturated carbocycles. The molecule has 0 bridgehead atoms. The van der Waals surface area contributed by atoms with E-state index in [1.165, 1.54) is 0 Å². The minimum Gasteiger partial charge on any atom is -0.480 e. The van der Waals surface area contributed by atoms with Crippen LogP contribution >= 0.6 is 0 Å². The third-order valence-corrected chi connectivity index (χ3v) is 3.89. The molecule has 1 atom stereocenters. The van der Waals surface area contributed by atoms with Gasteiger partial charge in [-0.15, -0.1) is 0 Å². The van der Waals surface area contributed by atoms with E-state index < -0.39 is 17.4 Å². The molecule has 3 N–H and O–H groups in total. The van der Waals surface area contributed by atoms with Crippen molar-refractivity contribution in [2.45, 2.75) is 31.8 Å². The minimum atomic E-state index is -0.856. The average molecular weight is 262 g/mol. The Labute approximate surface area is 112 Å². The van der Waals surface area contributed by atoms with Crippen LogP contribution in [-0.4, -0.2) is 34.0 Å². The van der Waals surface area contributed by atoms with Crippen molar-refractivity contribution in [2.75, 3.05) is 6.54 Å². The zero-order valence-electron chi connectivity index (χ0n) is 10.9. The number of carbonyl (C=O) groups excluding carboxylic acids is 1. The third kappa shape index (κ3) is 2.46. The lowest BCUT2D eigenvalue weighted by molar-refractivity contribution is -0.148. The second-order valence-electron chi connectivity index (χ2n) is 5.13. The summed E-state index contributed by atoms with van der Waals surface area (Å²) in [4.78, 5) is 24.7. The van der Waals surface area contributed by atoms with E-state index in [9.17, 15) is 14.7 Å². The fourth-order valence-corrected chi connectivity index (χ4v) is 2.62. The number of carboxylic acid groups (broad SMARTS) is 1. The van der Waals surface area contributed by atoms with Gasteiger partial charge in [0, 0.05) is 12.1 Å². The number of rotatable bonds is 4. The molecule has 102 valence electrons. The fraction of sp³-hybridized carbons (Fsp3) is 0.429. The number of hydrogen-bond donors (Lipinski definition) is 2. The summed E-state index contributed by atoms with van der Waals surface area (Å²) in [6, 6.07) is 7.08. The highest BCUT2D eigenvalue weighted by Gasteiger charge is 2.43. The number of primary amides is 1. The van der Waals surface area contributed by atoms with Crippen LogP contribution in [0.1, 0.15) is 35.7 Å². The zero-order chi connectivity index (χ0) is 14.0. The van der Waals surface area contributed by atoms with E-state index in [1.807, 2.05) is 17.0 Å². The molecule has 1 aromatic carbocycles. The SMILES string of the molecule is CC1(C(=O)O)CCCN1Cc1ccccc1C(N)=O. The summed E-state index contributed by atoms with van der Waals surface area (Å²) in [5, 5.41) is 9.37. The van der Waals surface area contributed by atoms with Gasteiger partial charge < -0.3 is 10.8 Å². The number of carbonyl (C=O) groups is 2. The van der Waals surface area contributed by atoms with Crippen LogP contribution in [0.15, 0.2) is 24.3 Å². The first-order valence-corrected chi connectivity index (χ1v) is 6.31. The van der Waals surface area contributed by atoms with Crippen LogP contribution in [0, 0.1) is 0 Å². The van der Waals surface area contributed by atoms with Crippen molar-refractivity contribution in [1.82, 2.24) is 4.90 Å². The normalized spacial score (nSPS) is 23.4. The highest BCUT2D eigenvalue weighted by atomic mass is 16.4. The lowest BCUT2D eigenvalue weighted by Crippen LogP contribution is -2.47. The Morgan fingerprint density at radius 1 is 1.42 bits per heavy atom. The summed E-state index contributed by atoms with van der Waals surface area (Å²) in [6.45, 7) is 2.88. The van der Waals surface area contributed by atoms with Gasteiger partial charge in [0.05, 0.1) is 0 Å². The number of benzene rings is 1. The van der Waals surface area contributed by atoms with Crippen LogP contribution < -0.4 is 5.73 Å². The molecule has 1 amide bonds. The molecule has 1 aliphatic rings. The summed E-state index contributed by atoms with van der Waals surface area (Å²) in [7, 11) is 0. The molecule has 0 spiro atoms. The largest absolute Gasteiger partial charge is 0.480 e. The Bertz CT molecular complexity index is 515. The van der Waals surface area contributed by atoms with Crippen molar-refractivity contribution in [1.29, 1.82) is 0 Å². The molecular weight excluding hydrogens is 244 g/mol.